The van der Waals surface area contributed by atoms with Gasteiger partial charge in [0.25, 0.3) is 5.91 Å². The topological polar surface area (TPSA) is 82.3 Å². The lowest BCUT2D eigenvalue weighted by atomic mass is 9.89. The Bertz CT molecular complexity index is 820. The van der Waals surface area contributed by atoms with Crippen LogP contribution in [0.4, 0.5) is 0 Å². The number of hydrogen-bond donors (Lipinski definition) is 2. The first kappa shape index (κ1) is 14.8. The highest BCUT2D eigenvalue weighted by atomic mass is 16.5. The van der Waals surface area contributed by atoms with Crippen molar-refractivity contribution in [1.29, 1.82) is 5.26 Å². The average Bonchev–Trinajstić information content (AvgIpc) is 2.86. The minimum atomic E-state index is -1.74. The minimum Gasteiger partial charge on any atom is -0.497 e. The van der Waals surface area contributed by atoms with E-state index in [0.717, 1.165) is 0 Å². The summed E-state index contributed by atoms with van der Waals surface area (Å²) in [5, 5.41) is 23.0. The summed E-state index contributed by atoms with van der Waals surface area (Å²) in [6, 6.07) is 17.5. The highest BCUT2D eigenvalue weighted by molar-refractivity contribution is 6.11. The highest BCUT2D eigenvalue weighted by Crippen LogP contribution is 2.41. The van der Waals surface area contributed by atoms with Crippen molar-refractivity contribution in [3.63, 3.8) is 0 Å². The zero-order chi connectivity index (χ0) is 16.4. The molecule has 2 aromatic carbocycles. The molecule has 2 N–H and O–H groups in total. The van der Waals surface area contributed by atoms with E-state index < -0.39 is 11.6 Å². The van der Waals surface area contributed by atoms with Gasteiger partial charge in [-0.15, -0.1) is 0 Å². The van der Waals surface area contributed by atoms with E-state index in [2.05, 4.69) is 5.32 Å². The van der Waals surface area contributed by atoms with Crippen LogP contribution in [0.25, 0.3) is 5.57 Å². The van der Waals surface area contributed by atoms with Crippen molar-refractivity contribution in [2.45, 2.75) is 5.72 Å². The van der Waals surface area contributed by atoms with E-state index in [4.69, 9.17) is 4.74 Å². The number of benzene rings is 2. The lowest BCUT2D eigenvalue weighted by Gasteiger charge is -2.27. The van der Waals surface area contributed by atoms with E-state index in [-0.39, 0.29) is 11.1 Å². The molecule has 1 amide bonds. The van der Waals surface area contributed by atoms with E-state index in [9.17, 15) is 15.2 Å². The lowest BCUT2D eigenvalue weighted by molar-refractivity contribution is -0.120. The van der Waals surface area contributed by atoms with Gasteiger partial charge in [0.1, 0.15) is 17.4 Å². The van der Waals surface area contributed by atoms with Crippen molar-refractivity contribution in [1.82, 2.24) is 5.32 Å². The van der Waals surface area contributed by atoms with E-state index in [0.29, 0.717) is 16.9 Å². The zero-order valence-corrected chi connectivity index (χ0v) is 12.4. The van der Waals surface area contributed by atoms with Gasteiger partial charge in [-0.2, -0.15) is 5.26 Å². The van der Waals surface area contributed by atoms with Gasteiger partial charge in [-0.3, -0.25) is 4.79 Å². The Balaban J connectivity index is 2.20. The molecule has 0 fully saturated rings. The minimum absolute atomic E-state index is 0.0958. The molecule has 1 heterocycles. The van der Waals surface area contributed by atoms with Crippen LogP contribution in [-0.2, 0) is 10.5 Å². The highest BCUT2D eigenvalue weighted by Gasteiger charge is 2.45. The zero-order valence-electron chi connectivity index (χ0n) is 12.4. The SMILES string of the molecule is COc1ccc(C2=C(C#N)C(=O)NC2(O)c2ccccc2)cc1. The van der Waals surface area contributed by atoms with Crippen molar-refractivity contribution >= 4 is 11.5 Å². The average molecular weight is 306 g/mol. The number of rotatable bonds is 3. The Morgan fingerprint density at radius 3 is 2.35 bits per heavy atom. The molecule has 1 unspecified atom stereocenters. The first-order valence-corrected chi connectivity index (χ1v) is 7.00. The van der Waals surface area contributed by atoms with E-state index in [1.54, 1.807) is 55.6 Å². The van der Waals surface area contributed by atoms with Crippen LogP contribution in [0.5, 0.6) is 5.75 Å². The first-order valence-electron chi connectivity index (χ1n) is 7.00. The molecule has 0 radical (unpaired) electrons. The Morgan fingerprint density at radius 1 is 1.13 bits per heavy atom. The summed E-state index contributed by atoms with van der Waals surface area (Å²) in [4.78, 5) is 12.1. The smallest absolute Gasteiger partial charge is 0.265 e. The molecule has 5 nitrogen and oxygen atoms in total. The molecule has 114 valence electrons. The number of carbonyl (C=O) groups is 1. The lowest BCUT2D eigenvalue weighted by Crippen LogP contribution is -2.41. The number of ether oxygens (including phenoxy) is 1. The van der Waals surface area contributed by atoms with Crippen LogP contribution in [0.15, 0.2) is 60.2 Å². The van der Waals surface area contributed by atoms with Crippen molar-refractivity contribution in [2.75, 3.05) is 7.11 Å². The molecule has 0 aliphatic carbocycles. The number of nitriles is 1. The molecule has 1 atom stereocenters. The molecule has 1 aliphatic rings. The molecular formula is C18H14N2O3. The summed E-state index contributed by atoms with van der Waals surface area (Å²) >= 11 is 0. The molecule has 0 aromatic heterocycles. The standard InChI is InChI=1S/C18H14N2O3/c1-23-14-9-7-12(8-10-14)16-15(11-19)17(21)20-18(16,22)13-5-3-2-4-6-13/h2-10,22H,1H3,(H,20,21). The summed E-state index contributed by atoms with van der Waals surface area (Å²) in [6.07, 6.45) is 0. The predicted octanol–water partition coefficient (Wildman–Crippen LogP) is 1.95. The fourth-order valence-corrected chi connectivity index (χ4v) is 2.70. The third-order valence-electron chi connectivity index (χ3n) is 3.82. The maximum atomic E-state index is 12.1. The molecule has 0 saturated carbocycles. The second kappa shape index (κ2) is 5.59. The monoisotopic (exact) mass is 306 g/mol. The second-order valence-corrected chi connectivity index (χ2v) is 5.12. The summed E-state index contributed by atoms with van der Waals surface area (Å²) in [5.41, 5.74) is -0.519. The van der Waals surface area contributed by atoms with Crippen LogP contribution in [0.3, 0.4) is 0 Å². The number of aliphatic hydroxyl groups is 1. The maximum absolute atomic E-state index is 12.1. The van der Waals surface area contributed by atoms with Crippen LogP contribution in [0.1, 0.15) is 11.1 Å². The molecule has 0 saturated heterocycles. The second-order valence-electron chi connectivity index (χ2n) is 5.12. The van der Waals surface area contributed by atoms with Gasteiger partial charge in [0.15, 0.2) is 5.72 Å². The molecule has 0 bridgehead atoms. The van der Waals surface area contributed by atoms with Gasteiger partial charge in [0.2, 0.25) is 0 Å². The van der Waals surface area contributed by atoms with E-state index in [1.807, 2.05) is 12.1 Å². The number of methoxy groups -OCH3 is 1. The van der Waals surface area contributed by atoms with Crippen LogP contribution < -0.4 is 10.1 Å². The predicted molar refractivity (Wildman–Crippen MR) is 84.0 cm³/mol. The third kappa shape index (κ3) is 2.35. The number of hydrogen-bond acceptors (Lipinski definition) is 4. The van der Waals surface area contributed by atoms with Gasteiger partial charge < -0.3 is 15.2 Å². The Labute approximate surface area is 133 Å². The first-order chi connectivity index (χ1) is 11.1. The Hall–Kier alpha value is -3.10. The van der Waals surface area contributed by atoms with Crippen LogP contribution in [0, 0.1) is 11.3 Å². The number of amides is 1. The fourth-order valence-electron chi connectivity index (χ4n) is 2.70. The van der Waals surface area contributed by atoms with Crippen molar-refractivity contribution in [3.8, 4) is 11.8 Å². The molecule has 3 rings (SSSR count). The van der Waals surface area contributed by atoms with Gasteiger partial charge >= 0.3 is 0 Å². The van der Waals surface area contributed by atoms with Gasteiger partial charge in [-0.1, -0.05) is 42.5 Å². The van der Waals surface area contributed by atoms with Crippen LogP contribution in [-0.4, -0.2) is 18.1 Å². The summed E-state index contributed by atoms with van der Waals surface area (Å²) in [5.74, 6) is 0.0538. The van der Waals surface area contributed by atoms with E-state index >= 15 is 0 Å². The molecule has 2 aromatic rings. The Kier molecular flexibility index (Phi) is 3.61. The molecule has 0 spiro atoms. The van der Waals surface area contributed by atoms with Gasteiger partial charge in [-0.05, 0) is 17.7 Å². The van der Waals surface area contributed by atoms with Crippen LogP contribution >= 0.6 is 0 Å². The number of nitrogens with one attached hydrogen (secondary N) is 1. The maximum Gasteiger partial charge on any atom is 0.265 e. The molecule has 23 heavy (non-hydrogen) atoms. The summed E-state index contributed by atoms with van der Waals surface area (Å²) in [7, 11) is 1.55. The van der Waals surface area contributed by atoms with Gasteiger partial charge in [0.05, 0.1) is 7.11 Å². The molecule has 1 aliphatic heterocycles. The quantitative estimate of drug-likeness (QED) is 0.908. The molecular weight excluding hydrogens is 292 g/mol. The fraction of sp³-hybridized carbons (Fsp3) is 0.111. The van der Waals surface area contributed by atoms with Gasteiger partial charge in [0, 0.05) is 11.1 Å². The normalized spacial score (nSPS) is 20.1. The number of nitrogens with zero attached hydrogens (tertiary/aromatic N) is 1. The van der Waals surface area contributed by atoms with Gasteiger partial charge in [-0.25, -0.2) is 0 Å². The van der Waals surface area contributed by atoms with Crippen LogP contribution in [0.2, 0.25) is 0 Å². The Morgan fingerprint density at radius 2 is 1.78 bits per heavy atom. The van der Waals surface area contributed by atoms with Crippen molar-refractivity contribution in [3.05, 3.63) is 71.3 Å². The third-order valence-corrected chi connectivity index (χ3v) is 3.82. The van der Waals surface area contributed by atoms with Crippen molar-refractivity contribution < 1.29 is 14.6 Å². The summed E-state index contributed by atoms with van der Waals surface area (Å²) < 4.78 is 5.12. The largest absolute Gasteiger partial charge is 0.497 e. The molecule has 5 heteroatoms. The summed E-state index contributed by atoms with van der Waals surface area (Å²) in [6.45, 7) is 0. The van der Waals surface area contributed by atoms with Crippen molar-refractivity contribution in [2.24, 2.45) is 0 Å². The van der Waals surface area contributed by atoms with E-state index in [1.165, 1.54) is 0 Å². The number of carbonyl (C=O) groups excluding carboxylic acids is 1.